The molecule has 15 heavy (non-hydrogen) atoms. The lowest BCUT2D eigenvalue weighted by molar-refractivity contribution is -0.0784. The van der Waals surface area contributed by atoms with Gasteiger partial charge >= 0.3 is 0 Å². The van der Waals surface area contributed by atoms with Crippen molar-refractivity contribution in [2.75, 3.05) is 27.2 Å². The molecule has 0 amide bonds. The zero-order valence-electron chi connectivity index (χ0n) is 10.5. The highest BCUT2D eigenvalue weighted by Gasteiger charge is 2.46. The molecule has 1 aliphatic carbocycles. The molecule has 0 bridgehead atoms. The molecule has 0 radical (unpaired) electrons. The Hall–Kier alpha value is -0.120. The van der Waals surface area contributed by atoms with E-state index in [0.717, 1.165) is 19.4 Å². The van der Waals surface area contributed by atoms with Gasteiger partial charge < -0.3 is 10.5 Å². The second kappa shape index (κ2) is 5.83. The predicted molar refractivity (Wildman–Crippen MR) is 64.0 cm³/mol. The SMILES string of the molecule is CCCCCN(C)C1(CN)CC(OC)C1. The summed E-state index contributed by atoms with van der Waals surface area (Å²) in [6, 6.07) is 0. The summed E-state index contributed by atoms with van der Waals surface area (Å²) in [6.07, 6.45) is 6.52. The van der Waals surface area contributed by atoms with E-state index in [4.69, 9.17) is 10.5 Å². The molecule has 1 rings (SSSR count). The van der Waals surface area contributed by atoms with E-state index in [9.17, 15) is 0 Å². The smallest absolute Gasteiger partial charge is 0.0607 e. The fourth-order valence-electron chi connectivity index (χ4n) is 2.42. The minimum absolute atomic E-state index is 0.231. The number of hydrogen-bond donors (Lipinski definition) is 1. The van der Waals surface area contributed by atoms with Crippen LogP contribution in [0.5, 0.6) is 0 Å². The quantitative estimate of drug-likeness (QED) is 0.654. The standard InChI is InChI=1S/C12H26N2O/c1-4-5-6-7-14(2)12(10-13)8-11(9-12)15-3/h11H,4-10,13H2,1-3H3. The van der Waals surface area contributed by atoms with Crippen molar-refractivity contribution in [3.63, 3.8) is 0 Å². The van der Waals surface area contributed by atoms with Gasteiger partial charge in [-0.25, -0.2) is 0 Å². The van der Waals surface area contributed by atoms with E-state index in [1.807, 2.05) is 0 Å². The van der Waals surface area contributed by atoms with Gasteiger partial charge in [0.2, 0.25) is 0 Å². The van der Waals surface area contributed by atoms with Crippen molar-refractivity contribution in [2.24, 2.45) is 5.73 Å². The van der Waals surface area contributed by atoms with E-state index in [1.54, 1.807) is 7.11 Å². The first-order valence-electron chi connectivity index (χ1n) is 6.12. The first kappa shape index (κ1) is 12.9. The highest BCUT2D eigenvalue weighted by molar-refractivity contribution is 5.03. The molecule has 0 heterocycles. The van der Waals surface area contributed by atoms with Crippen LogP contribution in [0.25, 0.3) is 0 Å². The Labute approximate surface area is 94.0 Å². The third kappa shape index (κ3) is 2.92. The molecule has 0 aromatic carbocycles. The number of likely N-dealkylation sites (N-methyl/N-ethyl adjacent to an activating group) is 1. The second-order valence-electron chi connectivity index (χ2n) is 4.82. The first-order valence-corrected chi connectivity index (χ1v) is 6.12. The molecule has 1 aliphatic rings. The molecule has 0 spiro atoms. The first-order chi connectivity index (χ1) is 7.18. The normalized spacial score (nSPS) is 30.6. The van der Waals surface area contributed by atoms with Crippen molar-refractivity contribution in [2.45, 2.75) is 50.7 Å². The molecule has 0 saturated heterocycles. The summed E-state index contributed by atoms with van der Waals surface area (Å²) in [4.78, 5) is 2.44. The summed E-state index contributed by atoms with van der Waals surface area (Å²) in [5.41, 5.74) is 6.12. The van der Waals surface area contributed by atoms with Gasteiger partial charge in [0.1, 0.15) is 0 Å². The van der Waals surface area contributed by atoms with Gasteiger partial charge in [-0.3, -0.25) is 4.90 Å². The number of nitrogens with zero attached hydrogens (tertiary/aromatic N) is 1. The van der Waals surface area contributed by atoms with Crippen LogP contribution >= 0.6 is 0 Å². The van der Waals surface area contributed by atoms with Crippen LogP contribution in [0.4, 0.5) is 0 Å². The molecule has 0 aromatic rings. The van der Waals surface area contributed by atoms with E-state index < -0.39 is 0 Å². The molecule has 3 heteroatoms. The van der Waals surface area contributed by atoms with Gasteiger partial charge in [0.15, 0.2) is 0 Å². The Bertz CT molecular complexity index is 178. The molecule has 0 atom stereocenters. The van der Waals surface area contributed by atoms with Crippen LogP contribution in [-0.4, -0.2) is 43.8 Å². The number of methoxy groups -OCH3 is 1. The maximum Gasteiger partial charge on any atom is 0.0607 e. The second-order valence-corrected chi connectivity index (χ2v) is 4.82. The molecule has 0 aliphatic heterocycles. The Kier molecular flexibility index (Phi) is 5.03. The Morgan fingerprint density at radius 3 is 2.53 bits per heavy atom. The van der Waals surface area contributed by atoms with Crippen molar-refractivity contribution in [1.82, 2.24) is 4.90 Å². The number of hydrogen-bond acceptors (Lipinski definition) is 3. The minimum Gasteiger partial charge on any atom is -0.381 e. The summed E-state index contributed by atoms with van der Waals surface area (Å²) in [6.45, 7) is 4.17. The topological polar surface area (TPSA) is 38.5 Å². The molecule has 0 unspecified atom stereocenters. The van der Waals surface area contributed by atoms with Gasteiger partial charge in [0, 0.05) is 19.2 Å². The Morgan fingerprint density at radius 1 is 1.40 bits per heavy atom. The zero-order valence-corrected chi connectivity index (χ0v) is 10.5. The van der Waals surface area contributed by atoms with Gasteiger partial charge in [-0.15, -0.1) is 0 Å². The van der Waals surface area contributed by atoms with E-state index in [-0.39, 0.29) is 5.54 Å². The van der Waals surface area contributed by atoms with E-state index in [0.29, 0.717) is 6.10 Å². The maximum atomic E-state index is 5.89. The summed E-state index contributed by atoms with van der Waals surface area (Å²) in [5, 5.41) is 0. The highest BCUT2D eigenvalue weighted by Crippen LogP contribution is 2.38. The number of rotatable bonds is 7. The summed E-state index contributed by atoms with van der Waals surface area (Å²) in [7, 11) is 4.00. The molecule has 0 aromatic heterocycles. The molecular weight excluding hydrogens is 188 g/mol. The number of nitrogens with two attached hydrogens (primary N) is 1. The van der Waals surface area contributed by atoms with Crippen LogP contribution in [-0.2, 0) is 4.74 Å². The van der Waals surface area contributed by atoms with Crippen molar-refractivity contribution >= 4 is 0 Å². The van der Waals surface area contributed by atoms with Crippen LogP contribution in [0.15, 0.2) is 0 Å². The van der Waals surface area contributed by atoms with E-state index >= 15 is 0 Å². The fourth-order valence-corrected chi connectivity index (χ4v) is 2.42. The highest BCUT2D eigenvalue weighted by atomic mass is 16.5. The average Bonchev–Trinajstić information content (AvgIpc) is 2.18. The fraction of sp³-hybridized carbons (Fsp3) is 1.00. The van der Waals surface area contributed by atoms with Crippen LogP contribution in [0.2, 0.25) is 0 Å². The van der Waals surface area contributed by atoms with Crippen LogP contribution < -0.4 is 5.73 Å². The average molecular weight is 214 g/mol. The van der Waals surface area contributed by atoms with Crippen molar-refractivity contribution in [3.8, 4) is 0 Å². The van der Waals surface area contributed by atoms with Gasteiger partial charge in [0.05, 0.1) is 6.10 Å². The molecule has 1 saturated carbocycles. The Morgan fingerprint density at radius 2 is 2.07 bits per heavy atom. The van der Waals surface area contributed by atoms with Gasteiger partial charge in [-0.05, 0) is 32.9 Å². The largest absolute Gasteiger partial charge is 0.381 e. The lowest BCUT2D eigenvalue weighted by Crippen LogP contribution is -2.62. The van der Waals surface area contributed by atoms with Crippen molar-refractivity contribution < 1.29 is 4.74 Å². The van der Waals surface area contributed by atoms with Gasteiger partial charge in [-0.2, -0.15) is 0 Å². The number of ether oxygens (including phenoxy) is 1. The third-order valence-corrected chi connectivity index (χ3v) is 3.84. The lowest BCUT2D eigenvalue weighted by Gasteiger charge is -2.52. The molecular formula is C12H26N2O. The molecule has 90 valence electrons. The van der Waals surface area contributed by atoms with Crippen molar-refractivity contribution in [3.05, 3.63) is 0 Å². The Balaban J connectivity index is 2.32. The van der Waals surface area contributed by atoms with Crippen LogP contribution in [0.3, 0.4) is 0 Å². The minimum atomic E-state index is 0.231. The monoisotopic (exact) mass is 214 g/mol. The lowest BCUT2D eigenvalue weighted by atomic mass is 9.73. The summed E-state index contributed by atoms with van der Waals surface area (Å²) >= 11 is 0. The van der Waals surface area contributed by atoms with E-state index in [2.05, 4.69) is 18.9 Å². The maximum absolute atomic E-state index is 5.89. The van der Waals surface area contributed by atoms with Crippen LogP contribution in [0.1, 0.15) is 39.0 Å². The van der Waals surface area contributed by atoms with Crippen LogP contribution in [0, 0.1) is 0 Å². The number of unbranched alkanes of at least 4 members (excludes halogenated alkanes) is 2. The zero-order chi connectivity index (χ0) is 11.3. The predicted octanol–water partition coefficient (Wildman–Crippen LogP) is 1.61. The summed E-state index contributed by atoms with van der Waals surface area (Å²) in [5.74, 6) is 0. The molecule has 2 N–H and O–H groups in total. The molecule has 3 nitrogen and oxygen atoms in total. The van der Waals surface area contributed by atoms with Gasteiger partial charge in [-0.1, -0.05) is 19.8 Å². The van der Waals surface area contributed by atoms with E-state index in [1.165, 1.54) is 25.8 Å². The third-order valence-electron chi connectivity index (χ3n) is 3.84. The van der Waals surface area contributed by atoms with Gasteiger partial charge in [0.25, 0.3) is 0 Å². The van der Waals surface area contributed by atoms with Crippen molar-refractivity contribution in [1.29, 1.82) is 0 Å². The molecule has 1 fully saturated rings. The summed E-state index contributed by atoms with van der Waals surface area (Å²) < 4.78 is 5.34.